The molecule has 2 heterocycles. The number of ether oxygens (including phenoxy) is 1. The van der Waals surface area contributed by atoms with Crippen LogP contribution < -0.4 is 10.2 Å². The van der Waals surface area contributed by atoms with Crippen molar-refractivity contribution in [2.24, 2.45) is 0 Å². The van der Waals surface area contributed by atoms with Gasteiger partial charge in [0.05, 0.1) is 24.1 Å². The molecule has 4 heteroatoms. The van der Waals surface area contributed by atoms with E-state index in [1.807, 2.05) is 12.4 Å². The minimum Gasteiger partial charge on any atom is -0.372 e. The molecule has 106 valence electrons. The lowest BCUT2D eigenvalue weighted by Crippen LogP contribution is -2.46. The van der Waals surface area contributed by atoms with Crippen LogP contribution in [0.25, 0.3) is 0 Å². The average molecular weight is 263 g/mol. The zero-order chi connectivity index (χ0) is 13.7. The van der Waals surface area contributed by atoms with Gasteiger partial charge in [-0.15, -0.1) is 0 Å². The lowest BCUT2D eigenvalue weighted by molar-refractivity contribution is -0.00528. The molecule has 0 bridgehead atoms. The third-order valence-corrected chi connectivity index (χ3v) is 3.39. The second-order valence-corrected chi connectivity index (χ2v) is 5.34. The van der Waals surface area contributed by atoms with Gasteiger partial charge in [-0.05, 0) is 38.4 Å². The van der Waals surface area contributed by atoms with Gasteiger partial charge < -0.3 is 15.0 Å². The molecule has 1 aromatic rings. The van der Waals surface area contributed by atoms with Gasteiger partial charge in [0, 0.05) is 25.8 Å². The summed E-state index contributed by atoms with van der Waals surface area (Å²) in [5.41, 5.74) is 2.57. The van der Waals surface area contributed by atoms with E-state index < -0.39 is 0 Å². The first-order chi connectivity index (χ1) is 9.20. The summed E-state index contributed by atoms with van der Waals surface area (Å²) >= 11 is 0. The highest BCUT2D eigenvalue weighted by molar-refractivity contribution is 5.52. The summed E-state index contributed by atoms with van der Waals surface area (Å²) < 4.78 is 5.80. The van der Waals surface area contributed by atoms with Gasteiger partial charge in [0.25, 0.3) is 0 Å². The Bertz CT molecular complexity index is 387. The number of pyridine rings is 1. The van der Waals surface area contributed by atoms with Crippen molar-refractivity contribution in [2.45, 2.75) is 45.9 Å². The predicted molar refractivity (Wildman–Crippen MR) is 78.5 cm³/mol. The molecule has 0 spiro atoms. The molecule has 1 saturated heterocycles. The smallest absolute Gasteiger partial charge is 0.0726 e. The number of hydrogen-bond donors (Lipinski definition) is 1. The fourth-order valence-electron chi connectivity index (χ4n) is 2.62. The Labute approximate surface area is 116 Å². The molecule has 1 aromatic heterocycles. The van der Waals surface area contributed by atoms with Crippen molar-refractivity contribution in [2.75, 3.05) is 24.5 Å². The van der Waals surface area contributed by atoms with Crippen LogP contribution in [0, 0.1) is 0 Å². The summed E-state index contributed by atoms with van der Waals surface area (Å²) in [6.45, 7) is 10.3. The van der Waals surface area contributed by atoms with Gasteiger partial charge in [0.2, 0.25) is 0 Å². The standard InChI is InChI=1S/C15H25N3O/c1-4-6-16-8-14-5-7-17-9-15(14)18-10-12(2)19-13(3)11-18/h5,7,9,12-13,16H,4,6,8,10-11H2,1-3H3/t12-,13+. The maximum Gasteiger partial charge on any atom is 0.0726 e. The number of aromatic nitrogens is 1. The summed E-state index contributed by atoms with van der Waals surface area (Å²) in [6, 6.07) is 2.11. The molecule has 19 heavy (non-hydrogen) atoms. The SMILES string of the molecule is CCCNCc1ccncc1N1C[C@@H](C)O[C@@H](C)C1. The molecule has 4 nitrogen and oxygen atoms in total. The first-order valence-corrected chi connectivity index (χ1v) is 7.24. The van der Waals surface area contributed by atoms with Crippen LogP contribution in [0.15, 0.2) is 18.5 Å². The van der Waals surface area contributed by atoms with Gasteiger partial charge in [0.1, 0.15) is 0 Å². The van der Waals surface area contributed by atoms with Gasteiger partial charge in [-0.1, -0.05) is 6.92 Å². The Morgan fingerprint density at radius 1 is 1.37 bits per heavy atom. The molecule has 1 fully saturated rings. The topological polar surface area (TPSA) is 37.4 Å². The molecule has 0 aliphatic carbocycles. The highest BCUT2D eigenvalue weighted by Gasteiger charge is 2.23. The second kappa shape index (κ2) is 6.87. The first-order valence-electron chi connectivity index (χ1n) is 7.24. The van der Waals surface area contributed by atoms with Crippen molar-refractivity contribution < 1.29 is 4.74 Å². The molecule has 0 amide bonds. The Morgan fingerprint density at radius 2 is 2.11 bits per heavy atom. The van der Waals surface area contributed by atoms with Crippen LogP contribution in [-0.2, 0) is 11.3 Å². The highest BCUT2D eigenvalue weighted by atomic mass is 16.5. The van der Waals surface area contributed by atoms with Crippen LogP contribution in [0.1, 0.15) is 32.8 Å². The lowest BCUT2D eigenvalue weighted by atomic mass is 10.1. The van der Waals surface area contributed by atoms with E-state index in [0.717, 1.165) is 32.6 Å². The van der Waals surface area contributed by atoms with Gasteiger partial charge in [-0.25, -0.2) is 0 Å². The Kier molecular flexibility index (Phi) is 5.16. The van der Waals surface area contributed by atoms with Crippen molar-refractivity contribution in [3.05, 3.63) is 24.0 Å². The van der Waals surface area contributed by atoms with Crippen molar-refractivity contribution >= 4 is 5.69 Å². The molecule has 0 unspecified atom stereocenters. The fourth-order valence-corrected chi connectivity index (χ4v) is 2.62. The Hall–Kier alpha value is -1.13. The third-order valence-electron chi connectivity index (χ3n) is 3.39. The van der Waals surface area contributed by atoms with Crippen LogP contribution in [0.4, 0.5) is 5.69 Å². The summed E-state index contributed by atoms with van der Waals surface area (Å²) in [7, 11) is 0. The molecule has 2 atom stereocenters. The van der Waals surface area contributed by atoms with Crippen LogP contribution in [0.2, 0.25) is 0 Å². The van der Waals surface area contributed by atoms with Crippen molar-refractivity contribution in [1.82, 2.24) is 10.3 Å². The molecule has 2 rings (SSSR count). The van der Waals surface area contributed by atoms with Crippen LogP contribution in [0.3, 0.4) is 0 Å². The summed E-state index contributed by atoms with van der Waals surface area (Å²) in [6.07, 6.45) is 5.57. The molecule has 0 saturated carbocycles. The van der Waals surface area contributed by atoms with E-state index in [4.69, 9.17) is 4.74 Å². The lowest BCUT2D eigenvalue weighted by Gasteiger charge is -2.37. The number of nitrogens with one attached hydrogen (secondary N) is 1. The number of hydrogen-bond acceptors (Lipinski definition) is 4. The minimum absolute atomic E-state index is 0.278. The highest BCUT2D eigenvalue weighted by Crippen LogP contribution is 2.23. The van der Waals surface area contributed by atoms with Gasteiger partial charge in [-0.3, -0.25) is 4.98 Å². The Morgan fingerprint density at radius 3 is 2.79 bits per heavy atom. The van der Waals surface area contributed by atoms with Crippen molar-refractivity contribution in [1.29, 1.82) is 0 Å². The number of nitrogens with zero attached hydrogens (tertiary/aromatic N) is 2. The molecule has 0 radical (unpaired) electrons. The maximum atomic E-state index is 5.80. The molecule has 1 aliphatic heterocycles. The van der Waals surface area contributed by atoms with Gasteiger partial charge in [0.15, 0.2) is 0 Å². The van der Waals surface area contributed by atoms with E-state index in [2.05, 4.69) is 42.0 Å². The largest absolute Gasteiger partial charge is 0.372 e. The number of morpholine rings is 1. The molecular weight excluding hydrogens is 238 g/mol. The van der Waals surface area contributed by atoms with E-state index in [9.17, 15) is 0 Å². The fraction of sp³-hybridized carbons (Fsp3) is 0.667. The first kappa shape index (κ1) is 14.3. The van der Waals surface area contributed by atoms with E-state index >= 15 is 0 Å². The van der Waals surface area contributed by atoms with E-state index in [-0.39, 0.29) is 12.2 Å². The zero-order valence-corrected chi connectivity index (χ0v) is 12.2. The monoisotopic (exact) mass is 263 g/mol. The zero-order valence-electron chi connectivity index (χ0n) is 12.2. The number of anilines is 1. The summed E-state index contributed by atoms with van der Waals surface area (Å²) in [5, 5.41) is 3.47. The summed E-state index contributed by atoms with van der Waals surface area (Å²) in [5.74, 6) is 0. The Balaban J connectivity index is 2.09. The van der Waals surface area contributed by atoms with Crippen LogP contribution in [-0.4, -0.2) is 36.8 Å². The predicted octanol–water partition coefficient (Wildman–Crippen LogP) is 2.19. The maximum absolute atomic E-state index is 5.80. The minimum atomic E-state index is 0.278. The van der Waals surface area contributed by atoms with E-state index in [0.29, 0.717) is 0 Å². The molecule has 1 N–H and O–H groups in total. The summed E-state index contributed by atoms with van der Waals surface area (Å²) in [4.78, 5) is 6.69. The molecular formula is C15H25N3O. The van der Waals surface area contributed by atoms with Gasteiger partial charge >= 0.3 is 0 Å². The van der Waals surface area contributed by atoms with Crippen LogP contribution >= 0.6 is 0 Å². The number of rotatable bonds is 5. The molecule has 0 aromatic carbocycles. The van der Waals surface area contributed by atoms with E-state index in [1.165, 1.54) is 11.3 Å². The van der Waals surface area contributed by atoms with Crippen molar-refractivity contribution in [3.8, 4) is 0 Å². The van der Waals surface area contributed by atoms with Crippen molar-refractivity contribution in [3.63, 3.8) is 0 Å². The third kappa shape index (κ3) is 3.91. The quantitative estimate of drug-likeness (QED) is 0.826. The average Bonchev–Trinajstić information content (AvgIpc) is 2.38. The second-order valence-electron chi connectivity index (χ2n) is 5.34. The normalized spacial score (nSPS) is 23.6. The van der Waals surface area contributed by atoms with Crippen LogP contribution in [0.5, 0.6) is 0 Å². The van der Waals surface area contributed by atoms with Gasteiger partial charge in [-0.2, -0.15) is 0 Å². The van der Waals surface area contributed by atoms with E-state index in [1.54, 1.807) is 0 Å². The molecule has 1 aliphatic rings.